The van der Waals surface area contributed by atoms with Crippen LogP contribution >= 0.6 is 0 Å². The summed E-state index contributed by atoms with van der Waals surface area (Å²) in [5.74, 6) is 0. The first-order chi connectivity index (χ1) is 59.2. The zero-order chi connectivity index (χ0) is 83.8. The Kier molecular flexibility index (Phi) is 32.8. The van der Waals surface area contributed by atoms with Gasteiger partial charge >= 0.3 is 0 Å². The fourth-order valence-corrected chi connectivity index (χ4v) is 12.6. The van der Waals surface area contributed by atoms with E-state index >= 15 is 0 Å². The predicted octanol–water partition coefficient (Wildman–Crippen LogP) is 25.7. The molecule has 0 atom stereocenters. The third-order valence-electron chi connectivity index (χ3n) is 19.6. The maximum absolute atomic E-state index is 4.69. The van der Waals surface area contributed by atoms with Crippen molar-refractivity contribution in [2.75, 3.05) is 70.7 Å². The van der Waals surface area contributed by atoms with Crippen molar-refractivity contribution in [3.8, 4) is 0 Å². The van der Waals surface area contributed by atoms with E-state index in [-0.39, 0.29) is 20.9 Å². The van der Waals surface area contributed by atoms with Gasteiger partial charge in [0.05, 0.1) is 68.7 Å². The fraction of sp³-hybridized carbons (Fsp3) is 0.0926. The molecule has 123 heavy (non-hydrogen) atoms. The molecule has 15 heteroatoms. The molecule has 0 unspecified atom stereocenters. The first kappa shape index (κ1) is 88.5. The zero-order valence-corrected chi connectivity index (χ0v) is 71.4. The largest absolute Gasteiger partial charge is 0.388 e. The van der Waals surface area contributed by atoms with Crippen LogP contribution in [0.15, 0.2) is 418 Å². The van der Waals surface area contributed by atoms with Crippen molar-refractivity contribution in [3.63, 3.8) is 0 Å². The van der Waals surface area contributed by atoms with E-state index in [2.05, 4.69) is 331 Å². The van der Waals surface area contributed by atoms with Gasteiger partial charge in [-0.2, -0.15) is 0 Å². The minimum atomic E-state index is 0. The number of aliphatic imine (C=N–C) groups is 6. The molecule has 15 nitrogen and oxygen atoms in total. The van der Waals surface area contributed by atoms with Gasteiger partial charge in [0.2, 0.25) is 0 Å². The maximum Gasteiger partial charge on any atom is 0.0638 e. The summed E-state index contributed by atoms with van der Waals surface area (Å²) in [6, 6.07) is 99.8. The average Bonchev–Trinajstić information content (AvgIpc) is 0.851. The second kappa shape index (κ2) is 45.6. The predicted molar refractivity (Wildman–Crippen MR) is 535 cm³/mol. The van der Waals surface area contributed by atoms with Gasteiger partial charge in [-0.05, 0) is 348 Å². The van der Waals surface area contributed by atoms with Crippen LogP contribution in [0.4, 0.5) is 102 Å². The number of nitrogens with one attached hydrogen (secondary N) is 9. The number of hydrogen-bond acceptors (Lipinski definition) is 15. The van der Waals surface area contributed by atoms with Crippen molar-refractivity contribution in [2.24, 2.45) is 30.0 Å². The quantitative estimate of drug-likeness (QED) is 0.0192. The fourth-order valence-electron chi connectivity index (χ4n) is 12.6. The van der Waals surface area contributed by atoms with Gasteiger partial charge < -0.3 is 62.7 Å². The van der Waals surface area contributed by atoms with Crippen molar-refractivity contribution in [2.45, 2.75) is 39.8 Å². The van der Waals surface area contributed by atoms with Crippen LogP contribution in [-0.4, -0.2) is 74.5 Å². The number of anilines is 13. The summed E-state index contributed by atoms with van der Waals surface area (Å²) < 4.78 is 0. The number of benzene rings is 12. The zero-order valence-electron chi connectivity index (χ0n) is 71.4. The molecular formula is C108H107N15-2. The first-order valence-corrected chi connectivity index (χ1v) is 40.5. The number of allylic oxidation sites excluding steroid dienone is 12. The Hall–Kier alpha value is -15.3. The Morgan fingerprint density at radius 1 is 0.244 bits per heavy atom. The lowest BCUT2D eigenvalue weighted by atomic mass is 10.1. The molecule has 0 aromatic heterocycles. The van der Waals surface area contributed by atoms with Gasteiger partial charge in [-0.15, -0.1) is 0 Å². The maximum atomic E-state index is 4.69. The molecule has 0 aliphatic heterocycles. The molecular weight excluding hydrogens is 1510 g/mol. The topological polar surface area (TPSA) is 182 Å². The molecule has 0 heterocycles. The lowest BCUT2D eigenvalue weighted by Gasteiger charge is -2.19. The lowest BCUT2D eigenvalue weighted by molar-refractivity contribution is 0.772. The molecule has 4 aliphatic carbocycles. The third-order valence-corrected chi connectivity index (χ3v) is 19.6. The minimum Gasteiger partial charge on any atom is -0.388 e. The summed E-state index contributed by atoms with van der Waals surface area (Å²) in [6.07, 6.45) is 36.7. The Balaban J connectivity index is 0.000000159. The van der Waals surface area contributed by atoms with Crippen molar-refractivity contribution in [3.05, 3.63) is 436 Å². The molecule has 16 rings (SSSR count). The van der Waals surface area contributed by atoms with Crippen LogP contribution in [0.1, 0.15) is 29.2 Å². The first-order valence-electron chi connectivity index (χ1n) is 40.5. The van der Waals surface area contributed by atoms with Crippen LogP contribution in [0.25, 0.3) is 12.2 Å². The molecule has 0 amide bonds. The molecule has 0 spiro atoms. The van der Waals surface area contributed by atoms with E-state index in [1.807, 2.05) is 191 Å². The van der Waals surface area contributed by atoms with E-state index in [1.54, 1.807) is 7.05 Å². The molecule has 12 aromatic carbocycles. The van der Waals surface area contributed by atoms with Gasteiger partial charge in [0, 0.05) is 101 Å². The van der Waals surface area contributed by atoms with E-state index in [9.17, 15) is 0 Å². The summed E-state index contributed by atoms with van der Waals surface area (Å²) >= 11 is 0. The highest BCUT2D eigenvalue weighted by atomic mass is 14.9. The van der Waals surface area contributed by atoms with Gasteiger partial charge in [0.25, 0.3) is 0 Å². The van der Waals surface area contributed by atoms with Crippen LogP contribution in [-0.2, 0) is 0 Å². The normalized spacial score (nSPS) is 13.6. The van der Waals surface area contributed by atoms with Crippen molar-refractivity contribution in [1.29, 1.82) is 0 Å². The van der Waals surface area contributed by atoms with Crippen molar-refractivity contribution >= 4 is 149 Å². The molecule has 616 valence electrons. The highest BCUT2D eigenvalue weighted by molar-refractivity contribution is 6.21. The summed E-state index contributed by atoms with van der Waals surface area (Å²) in [7, 11) is 7.58. The molecule has 0 fully saturated rings. The molecule has 0 bridgehead atoms. The summed E-state index contributed by atoms with van der Waals surface area (Å²) in [5.41, 5.74) is 28.8. The number of hydrogen-bond donors (Lipinski definition) is 9. The second-order valence-electron chi connectivity index (χ2n) is 28.9. The second-order valence-corrected chi connectivity index (χ2v) is 28.9. The van der Waals surface area contributed by atoms with Crippen LogP contribution in [0.2, 0.25) is 0 Å². The molecule has 0 saturated carbocycles. The van der Waals surface area contributed by atoms with Gasteiger partial charge in [-0.1, -0.05) is 120 Å². The van der Waals surface area contributed by atoms with E-state index in [1.165, 1.54) is 32.7 Å². The Morgan fingerprint density at radius 2 is 0.463 bits per heavy atom. The Morgan fingerprint density at radius 3 is 0.740 bits per heavy atom. The lowest BCUT2D eigenvalue weighted by Crippen LogP contribution is -2.26. The number of likely N-dealkylation sites (N-methyl/N-ethyl adjacent to an activating group) is 1. The molecule has 9 N–H and O–H groups in total. The van der Waals surface area contributed by atoms with Crippen molar-refractivity contribution < 1.29 is 0 Å². The van der Waals surface area contributed by atoms with Crippen LogP contribution < -0.4 is 58.3 Å². The third kappa shape index (κ3) is 28.5. The van der Waals surface area contributed by atoms with Crippen LogP contribution in [0, 0.1) is 35.6 Å². The smallest absolute Gasteiger partial charge is 0.0638 e. The van der Waals surface area contributed by atoms with Crippen LogP contribution in [0.5, 0.6) is 0 Å². The monoisotopic (exact) mass is 1610 g/mol. The van der Waals surface area contributed by atoms with E-state index in [4.69, 9.17) is 4.99 Å². The van der Waals surface area contributed by atoms with Gasteiger partial charge in [0.15, 0.2) is 0 Å². The Labute approximate surface area is 726 Å². The number of rotatable bonds is 21. The number of aryl methyl sites for hydroxylation is 3. The van der Waals surface area contributed by atoms with E-state index < -0.39 is 0 Å². The molecule has 0 saturated heterocycles. The molecule has 0 radical (unpaired) electrons. The summed E-state index contributed by atoms with van der Waals surface area (Å²) in [5, 5.41) is 32.6. The van der Waals surface area contributed by atoms with Crippen molar-refractivity contribution in [1.82, 2.24) is 5.32 Å². The highest BCUT2D eigenvalue weighted by Crippen LogP contribution is 2.29. The summed E-state index contributed by atoms with van der Waals surface area (Å²) in [6.45, 7) is 8.29. The van der Waals surface area contributed by atoms with Gasteiger partial charge in [-0.3, -0.25) is 4.99 Å². The minimum absolute atomic E-state index is 0. The van der Waals surface area contributed by atoms with Gasteiger partial charge in [0.1, 0.15) is 0 Å². The molecule has 4 aliphatic rings. The summed E-state index contributed by atoms with van der Waals surface area (Å²) in [4.78, 5) is 27.4. The van der Waals surface area contributed by atoms with E-state index in [0.29, 0.717) is 6.04 Å². The number of nitrogens with zero attached hydrogens (tertiary/aromatic N) is 6. The standard InChI is InChI=1S/C28H27N3.C26H28N4.C26H24N4.C26H22N4.2CH3/c1-3-21-4-6-22(7-5-21)20-23-8-10-25(11-9-23)30-27-16-18-28(19-17-27)31-26-14-12-24(29-2)13-15-26;3*1-19-3-5-21(6-4-19)28-23-11-13-25(14-12-23)30-26-17-15-24(16-18-26)29-22-9-7-20(27-2)8-10-22;;/h3-20,29-31H,1-2H3;3-18,20,22,27-30H,1-2H3;3-18,27,29H,1-2H3;3-18H,1-2H3;2*1H3/q;;;;2*-1. The van der Waals surface area contributed by atoms with Crippen LogP contribution in [0.3, 0.4) is 0 Å². The van der Waals surface area contributed by atoms with E-state index in [0.717, 1.165) is 137 Å². The highest BCUT2D eigenvalue weighted by Gasteiger charge is 2.11. The van der Waals surface area contributed by atoms with Gasteiger partial charge in [-0.25, -0.2) is 25.0 Å². The SMILES string of the molecule is CC=c1ccc(=Cc2ccc(Nc3ccc(Nc4ccc(NC)cc4)cc3)cc2)cc1.CN=C1C=CC(=Nc2ccc(N=C3C=CC(=Nc4ccc(C)cc4)C=C3)cc2)C=C1.CNC1C=CC(Nc2ccc(Nc3ccc(Nc4ccc(C)cc4)cc3)cc2)C=C1.CNc1ccc(Nc2ccc(N=C3C=CC(=Nc4ccc(C)cc4)C=C3)cc2)cc1.[CH3-].[CH3-]. The average molecular weight is 1620 g/mol. The molecule has 12 aromatic rings. The Bertz CT molecular complexity index is 5940.